The quantitative estimate of drug-likeness (QED) is 0.882. The van der Waals surface area contributed by atoms with Crippen molar-refractivity contribution in [3.05, 3.63) is 36.0 Å². The van der Waals surface area contributed by atoms with Crippen molar-refractivity contribution in [3.63, 3.8) is 0 Å². The molecule has 22 heavy (non-hydrogen) atoms. The molecule has 2 N–H and O–H groups in total. The molecule has 6 nitrogen and oxygen atoms in total. The summed E-state index contributed by atoms with van der Waals surface area (Å²) in [5.74, 6) is 0.237. The van der Waals surface area contributed by atoms with Crippen LogP contribution in [0.5, 0.6) is 0 Å². The number of ether oxygens (including phenoxy) is 1. The SMILES string of the molecule is CN(C)c1nc(N)c(C(=O)OC(C)(C)C)n1-c1ccccc1. The molecular weight excluding hydrogens is 280 g/mol. The summed E-state index contributed by atoms with van der Waals surface area (Å²) < 4.78 is 7.17. The fourth-order valence-electron chi connectivity index (χ4n) is 2.07. The van der Waals surface area contributed by atoms with Crippen LogP contribution in [0.4, 0.5) is 11.8 Å². The lowest BCUT2D eigenvalue weighted by atomic mass is 10.2. The number of anilines is 2. The van der Waals surface area contributed by atoms with E-state index in [0.717, 1.165) is 5.69 Å². The first-order valence-electron chi connectivity index (χ1n) is 7.05. The monoisotopic (exact) mass is 302 g/mol. The Morgan fingerprint density at radius 3 is 2.32 bits per heavy atom. The van der Waals surface area contributed by atoms with Crippen molar-refractivity contribution in [2.24, 2.45) is 0 Å². The maximum absolute atomic E-state index is 12.5. The van der Waals surface area contributed by atoms with Gasteiger partial charge in [-0.15, -0.1) is 0 Å². The van der Waals surface area contributed by atoms with Crippen LogP contribution in [-0.4, -0.2) is 35.2 Å². The second-order valence-corrected chi connectivity index (χ2v) is 6.21. The van der Waals surface area contributed by atoms with Gasteiger partial charge in [-0.25, -0.2) is 4.79 Å². The second-order valence-electron chi connectivity index (χ2n) is 6.21. The average Bonchev–Trinajstić information content (AvgIpc) is 2.75. The van der Waals surface area contributed by atoms with E-state index in [1.165, 1.54) is 0 Å². The standard InChI is InChI=1S/C16H22N4O2/c1-16(2,3)22-14(21)12-13(17)18-15(19(4)5)20(12)11-9-7-6-8-10-11/h6-10H,17H2,1-5H3. The molecule has 0 radical (unpaired) electrons. The smallest absolute Gasteiger partial charge is 0.359 e. The third kappa shape index (κ3) is 3.21. The summed E-state index contributed by atoms with van der Waals surface area (Å²) in [7, 11) is 3.69. The highest BCUT2D eigenvalue weighted by molar-refractivity contribution is 5.94. The molecule has 0 aliphatic heterocycles. The van der Waals surface area contributed by atoms with Gasteiger partial charge < -0.3 is 15.4 Å². The zero-order chi connectivity index (χ0) is 16.5. The first-order valence-corrected chi connectivity index (χ1v) is 7.05. The average molecular weight is 302 g/mol. The molecule has 0 fully saturated rings. The van der Waals surface area contributed by atoms with Gasteiger partial charge in [0.1, 0.15) is 5.60 Å². The van der Waals surface area contributed by atoms with Crippen molar-refractivity contribution < 1.29 is 9.53 Å². The molecule has 2 rings (SSSR count). The molecule has 1 aromatic carbocycles. The van der Waals surface area contributed by atoms with Crippen molar-refractivity contribution in [2.45, 2.75) is 26.4 Å². The number of rotatable bonds is 3. The Morgan fingerprint density at radius 2 is 1.82 bits per heavy atom. The van der Waals surface area contributed by atoms with Gasteiger partial charge in [0.25, 0.3) is 0 Å². The Hall–Kier alpha value is -2.50. The zero-order valence-corrected chi connectivity index (χ0v) is 13.6. The lowest BCUT2D eigenvalue weighted by Crippen LogP contribution is -2.26. The summed E-state index contributed by atoms with van der Waals surface area (Å²) in [5, 5.41) is 0. The van der Waals surface area contributed by atoms with Crippen LogP contribution in [0.25, 0.3) is 5.69 Å². The fourth-order valence-corrected chi connectivity index (χ4v) is 2.07. The number of carbonyl (C=O) groups excluding carboxylic acids is 1. The van der Waals surface area contributed by atoms with E-state index < -0.39 is 11.6 Å². The highest BCUT2D eigenvalue weighted by atomic mass is 16.6. The minimum absolute atomic E-state index is 0.154. The molecule has 0 aliphatic carbocycles. The van der Waals surface area contributed by atoms with Gasteiger partial charge in [-0.05, 0) is 32.9 Å². The minimum Gasteiger partial charge on any atom is -0.455 e. The second kappa shape index (κ2) is 5.71. The third-order valence-corrected chi connectivity index (χ3v) is 2.89. The van der Waals surface area contributed by atoms with Gasteiger partial charge in [-0.2, -0.15) is 4.98 Å². The molecule has 0 amide bonds. The van der Waals surface area contributed by atoms with Crippen LogP contribution in [0.15, 0.2) is 30.3 Å². The van der Waals surface area contributed by atoms with E-state index in [1.807, 2.05) is 65.2 Å². The van der Waals surface area contributed by atoms with E-state index in [9.17, 15) is 4.79 Å². The molecule has 0 saturated heterocycles. The fraction of sp³-hybridized carbons (Fsp3) is 0.375. The Labute approximate surface area is 130 Å². The number of hydrogen-bond donors (Lipinski definition) is 1. The number of hydrogen-bond acceptors (Lipinski definition) is 5. The molecule has 2 aromatic rings. The van der Waals surface area contributed by atoms with Crippen molar-refractivity contribution >= 4 is 17.7 Å². The van der Waals surface area contributed by atoms with Gasteiger partial charge in [-0.1, -0.05) is 18.2 Å². The van der Waals surface area contributed by atoms with Crippen LogP contribution >= 0.6 is 0 Å². The Kier molecular flexibility index (Phi) is 4.12. The van der Waals surface area contributed by atoms with Crippen molar-refractivity contribution in [1.29, 1.82) is 0 Å². The predicted octanol–water partition coefficient (Wildman–Crippen LogP) is 2.48. The number of aromatic nitrogens is 2. The molecule has 0 spiro atoms. The van der Waals surface area contributed by atoms with Crippen molar-refractivity contribution in [3.8, 4) is 5.69 Å². The summed E-state index contributed by atoms with van der Waals surface area (Å²) in [4.78, 5) is 18.6. The highest BCUT2D eigenvalue weighted by Crippen LogP contribution is 2.27. The number of esters is 1. The molecule has 0 atom stereocenters. The molecule has 0 aliphatic rings. The predicted molar refractivity (Wildman–Crippen MR) is 87.5 cm³/mol. The molecular formula is C16H22N4O2. The summed E-state index contributed by atoms with van der Waals surface area (Å²) in [6, 6.07) is 9.48. The lowest BCUT2D eigenvalue weighted by Gasteiger charge is -2.21. The minimum atomic E-state index is -0.604. The Morgan fingerprint density at radius 1 is 1.23 bits per heavy atom. The van der Waals surface area contributed by atoms with Gasteiger partial charge in [0.05, 0.1) is 0 Å². The number of imidazole rings is 1. The largest absolute Gasteiger partial charge is 0.455 e. The summed E-state index contributed by atoms with van der Waals surface area (Å²) >= 11 is 0. The number of nitrogen functional groups attached to an aromatic ring is 1. The maximum atomic E-state index is 12.5. The summed E-state index contributed by atoms with van der Waals surface area (Å²) in [6.07, 6.45) is 0. The van der Waals surface area contributed by atoms with Gasteiger partial charge >= 0.3 is 5.97 Å². The molecule has 1 aromatic heterocycles. The van der Waals surface area contributed by atoms with E-state index in [1.54, 1.807) is 9.47 Å². The number of benzene rings is 1. The third-order valence-electron chi connectivity index (χ3n) is 2.89. The number of nitrogens with zero attached hydrogens (tertiary/aromatic N) is 3. The topological polar surface area (TPSA) is 73.4 Å². The van der Waals surface area contributed by atoms with Gasteiger partial charge in [0, 0.05) is 19.8 Å². The summed E-state index contributed by atoms with van der Waals surface area (Å²) in [6.45, 7) is 5.45. The van der Waals surface area contributed by atoms with E-state index >= 15 is 0 Å². The van der Waals surface area contributed by atoms with Gasteiger partial charge in [0.2, 0.25) is 5.95 Å². The van der Waals surface area contributed by atoms with Crippen LogP contribution in [0.2, 0.25) is 0 Å². The first-order chi connectivity index (χ1) is 10.2. The van der Waals surface area contributed by atoms with Crippen molar-refractivity contribution in [1.82, 2.24) is 9.55 Å². The van der Waals surface area contributed by atoms with Crippen LogP contribution in [0.1, 0.15) is 31.3 Å². The Bertz CT molecular complexity index is 669. The molecule has 118 valence electrons. The van der Waals surface area contributed by atoms with Gasteiger partial charge in [-0.3, -0.25) is 4.57 Å². The molecule has 1 heterocycles. The lowest BCUT2D eigenvalue weighted by molar-refractivity contribution is 0.00620. The van der Waals surface area contributed by atoms with Gasteiger partial charge in [0.15, 0.2) is 11.5 Å². The van der Waals surface area contributed by atoms with Crippen LogP contribution in [-0.2, 0) is 4.74 Å². The number of nitrogens with two attached hydrogens (primary N) is 1. The van der Waals surface area contributed by atoms with Crippen LogP contribution < -0.4 is 10.6 Å². The van der Waals surface area contributed by atoms with Crippen LogP contribution in [0.3, 0.4) is 0 Å². The van der Waals surface area contributed by atoms with E-state index in [0.29, 0.717) is 5.95 Å². The maximum Gasteiger partial charge on any atom is 0.359 e. The number of carbonyl (C=O) groups is 1. The van der Waals surface area contributed by atoms with E-state index in [4.69, 9.17) is 10.5 Å². The molecule has 0 unspecified atom stereocenters. The number of para-hydroxylation sites is 1. The summed E-state index contributed by atoms with van der Waals surface area (Å²) in [5.41, 5.74) is 6.42. The molecule has 0 bridgehead atoms. The molecule has 6 heteroatoms. The molecule has 0 saturated carbocycles. The Balaban J connectivity index is 2.61. The van der Waals surface area contributed by atoms with E-state index in [2.05, 4.69) is 4.98 Å². The van der Waals surface area contributed by atoms with E-state index in [-0.39, 0.29) is 11.5 Å². The van der Waals surface area contributed by atoms with Crippen LogP contribution in [0, 0.1) is 0 Å². The van der Waals surface area contributed by atoms with Crippen molar-refractivity contribution in [2.75, 3.05) is 24.7 Å². The highest BCUT2D eigenvalue weighted by Gasteiger charge is 2.28. The normalized spacial score (nSPS) is 11.3. The first kappa shape index (κ1) is 15.9. The zero-order valence-electron chi connectivity index (χ0n) is 13.6.